The lowest BCUT2D eigenvalue weighted by Crippen LogP contribution is -2.03. The standard InChI is InChI=1S/C78H48N6/c1-3-20-55(21-4-1)81-68-30-13-9-26-59(68)63-39-35-50(45-72(63)81)52-37-41-65-61-28-11-15-32-70(61)83(74(65)47-52)57-24-17-19-54(44-57)77-79-76-58-25-8-7-18-49(58)34-43-67(76)78(80-77)84-71-33-16-12-29-62(71)66-42-38-53(48-75(66)84)51-36-40-64-60-27-10-14-31-69(60)82(73(64)46-51)56-22-5-2-6-23-56/h1-48H. The van der Waals surface area contributed by atoms with Gasteiger partial charge in [0.2, 0.25) is 0 Å². The summed E-state index contributed by atoms with van der Waals surface area (Å²) in [6.07, 6.45) is 0. The van der Waals surface area contributed by atoms with Crippen LogP contribution in [0.5, 0.6) is 0 Å². The summed E-state index contributed by atoms with van der Waals surface area (Å²) >= 11 is 0. The minimum atomic E-state index is 0.653. The van der Waals surface area contributed by atoms with Gasteiger partial charge < -0.3 is 13.7 Å². The predicted octanol–water partition coefficient (Wildman–Crippen LogP) is 20.2. The Hall–Kier alpha value is -11.3. The second kappa shape index (κ2) is 18.1. The molecular weight excluding hydrogens is 1020 g/mol. The molecule has 0 bridgehead atoms. The highest BCUT2D eigenvalue weighted by molar-refractivity contribution is 6.16. The van der Waals surface area contributed by atoms with Gasteiger partial charge in [0, 0.05) is 76.5 Å². The molecule has 18 rings (SSSR count). The molecule has 0 saturated heterocycles. The first-order valence-corrected chi connectivity index (χ1v) is 28.7. The number of rotatable bonds is 7. The topological polar surface area (TPSA) is 45.5 Å². The fourth-order valence-corrected chi connectivity index (χ4v) is 13.7. The minimum absolute atomic E-state index is 0.653. The van der Waals surface area contributed by atoms with Gasteiger partial charge in [-0.25, -0.2) is 9.97 Å². The summed E-state index contributed by atoms with van der Waals surface area (Å²) < 4.78 is 9.58. The van der Waals surface area contributed by atoms with Gasteiger partial charge in [0.05, 0.1) is 49.7 Å². The molecule has 5 heterocycles. The average Bonchev–Trinajstić information content (AvgIpc) is 3.66. The van der Waals surface area contributed by atoms with E-state index in [-0.39, 0.29) is 0 Å². The van der Waals surface area contributed by atoms with Gasteiger partial charge in [-0.15, -0.1) is 0 Å². The van der Waals surface area contributed by atoms with Crippen molar-refractivity contribution in [3.8, 4) is 56.5 Å². The van der Waals surface area contributed by atoms with Crippen molar-refractivity contribution in [3.63, 3.8) is 0 Å². The maximum absolute atomic E-state index is 5.74. The first kappa shape index (κ1) is 46.4. The summed E-state index contributed by atoms with van der Waals surface area (Å²) in [5, 5.41) is 12.8. The van der Waals surface area contributed by atoms with Gasteiger partial charge >= 0.3 is 0 Å². The quantitative estimate of drug-likeness (QED) is 0.149. The van der Waals surface area contributed by atoms with Gasteiger partial charge in [0.1, 0.15) is 5.82 Å². The highest BCUT2D eigenvalue weighted by Gasteiger charge is 2.22. The lowest BCUT2D eigenvalue weighted by molar-refractivity contribution is 1.07. The normalized spacial score (nSPS) is 12.0. The Morgan fingerprint density at radius 1 is 0.202 bits per heavy atom. The lowest BCUT2D eigenvalue weighted by atomic mass is 10.0. The molecule has 0 atom stereocenters. The summed E-state index contributed by atoms with van der Waals surface area (Å²) in [7, 11) is 0. The fourth-order valence-electron chi connectivity index (χ4n) is 13.7. The van der Waals surface area contributed by atoms with E-state index in [0.717, 1.165) is 99.8 Å². The van der Waals surface area contributed by atoms with Gasteiger partial charge in [0.15, 0.2) is 5.82 Å². The Morgan fingerprint density at radius 3 is 1.04 bits per heavy atom. The van der Waals surface area contributed by atoms with E-state index in [2.05, 4.69) is 309 Å². The number of fused-ring (bicyclic) bond motifs is 15. The van der Waals surface area contributed by atoms with Crippen LogP contribution in [0.2, 0.25) is 0 Å². The molecule has 0 unspecified atom stereocenters. The molecule has 0 amide bonds. The average molecular weight is 1070 g/mol. The van der Waals surface area contributed by atoms with E-state index in [9.17, 15) is 0 Å². The predicted molar refractivity (Wildman–Crippen MR) is 351 cm³/mol. The highest BCUT2D eigenvalue weighted by atomic mass is 15.1. The van der Waals surface area contributed by atoms with Crippen LogP contribution in [0.4, 0.5) is 0 Å². The molecule has 0 spiro atoms. The first-order valence-electron chi connectivity index (χ1n) is 28.7. The Morgan fingerprint density at radius 2 is 0.560 bits per heavy atom. The monoisotopic (exact) mass is 1070 g/mol. The van der Waals surface area contributed by atoms with Gasteiger partial charge in [-0.05, 0) is 119 Å². The Bertz CT molecular complexity index is 5740. The van der Waals surface area contributed by atoms with Crippen molar-refractivity contribution >= 4 is 109 Å². The van der Waals surface area contributed by atoms with E-state index >= 15 is 0 Å². The molecule has 13 aromatic carbocycles. The van der Waals surface area contributed by atoms with Gasteiger partial charge in [-0.2, -0.15) is 0 Å². The number of nitrogens with zero attached hydrogens (tertiary/aromatic N) is 6. The largest absolute Gasteiger partial charge is 0.309 e. The maximum atomic E-state index is 5.74. The SMILES string of the molecule is c1ccc(-n2c3ccccc3c3ccc(-c4ccc5c6ccccc6n(-c6cccc(-c7nc(-n8c9ccccc9c9ccc(-c%10ccc%11c%12ccccc%12n(-c%12ccccc%12)c%11c%10)cc98)c8ccc9ccccc9c8n7)c6)c5c4)cc32)cc1. The summed E-state index contributed by atoms with van der Waals surface area (Å²) in [5.41, 5.74) is 18.9. The molecule has 0 aliphatic rings. The van der Waals surface area contributed by atoms with E-state index in [1.165, 1.54) is 59.8 Å². The van der Waals surface area contributed by atoms with E-state index in [4.69, 9.17) is 9.97 Å². The third-order valence-electron chi connectivity index (χ3n) is 17.5. The molecule has 18 aromatic rings. The van der Waals surface area contributed by atoms with Crippen LogP contribution in [0.15, 0.2) is 291 Å². The third-order valence-corrected chi connectivity index (χ3v) is 17.5. The Kier molecular flexibility index (Phi) is 9.99. The van der Waals surface area contributed by atoms with Crippen molar-refractivity contribution in [2.75, 3.05) is 0 Å². The van der Waals surface area contributed by atoms with E-state index < -0.39 is 0 Å². The molecule has 84 heavy (non-hydrogen) atoms. The minimum Gasteiger partial charge on any atom is -0.309 e. The lowest BCUT2D eigenvalue weighted by Gasteiger charge is -2.15. The van der Waals surface area contributed by atoms with Crippen molar-refractivity contribution in [3.05, 3.63) is 291 Å². The third kappa shape index (κ3) is 6.92. The van der Waals surface area contributed by atoms with Crippen LogP contribution in [0, 0.1) is 0 Å². The van der Waals surface area contributed by atoms with E-state index in [1.54, 1.807) is 0 Å². The molecule has 0 saturated carbocycles. The fraction of sp³-hybridized carbons (Fsp3) is 0. The van der Waals surface area contributed by atoms with Gasteiger partial charge in [-0.1, -0.05) is 200 Å². The summed E-state index contributed by atoms with van der Waals surface area (Å²) in [4.78, 5) is 11.3. The van der Waals surface area contributed by atoms with Crippen molar-refractivity contribution in [1.29, 1.82) is 0 Å². The smallest absolute Gasteiger partial charge is 0.162 e. The number of aromatic nitrogens is 6. The molecule has 6 heteroatoms. The van der Waals surface area contributed by atoms with Crippen molar-refractivity contribution < 1.29 is 0 Å². The molecule has 0 fully saturated rings. The van der Waals surface area contributed by atoms with Crippen LogP contribution in [0.3, 0.4) is 0 Å². The molecule has 390 valence electrons. The summed E-state index contributed by atoms with van der Waals surface area (Å²) in [6.45, 7) is 0. The van der Waals surface area contributed by atoms with Gasteiger partial charge in [-0.3, -0.25) is 4.57 Å². The zero-order valence-electron chi connectivity index (χ0n) is 45.4. The molecule has 0 aliphatic carbocycles. The zero-order valence-corrected chi connectivity index (χ0v) is 45.4. The summed E-state index contributed by atoms with van der Waals surface area (Å²) in [6, 6.07) is 106. The second-order valence-electron chi connectivity index (χ2n) is 22.1. The van der Waals surface area contributed by atoms with Crippen LogP contribution < -0.4 is 0 Å². The maximum Gasteiger partial charge on any atom is 0.162 e. The van der Waals surface area contributed by atoms with Gasteiger partial charge in [0.25, 0.3) is 0 Å². The molecular formula is C78H48N6. The number of benzene rings is 13. The summed E-state index contributed by atoms with van der Waals surface area (Å²) in [5.74, 6) is 1.49. The highest BCUT2D eigenvalue weighted by Crippen LogP contribution is 2.43. The molecule has 6 nitrogen and oxygen atoms in total. The van der Waals surface area contributed by atoms with Crippen molar-refractivity contribution in [1.82, 2.24) is 28.2 Å². The molecule has 0 radical (unpaired) electrons. The molecule has 0 N–H and O–H groups in total. The van der Waals surface area contributed by atoms with Crippen LogP contribution in [0.1, 0.15) is 0 Å². The van der Waals surface area contributed by atoms with Crippen LogP contribution in [0.25, 0.3) is 165 Å². The first-order chi connectivity index (χ1) is 41.7. The Labute approximate surface area is 482 Å². The van der Waals surface area contributed by atoms with Crippen LogP contribution >= 0.6 is 0 Å². The molecule has 5 aromatic heterocycles. The second-order valence-corrected chi connectivity index (χ2v) is 22.1. The van der Waals surface area contributed by atoms with E-state index in [0.29, 0.717) is 5.82 Å². The van der Waals surface area contributed by atoms with Crippen molar-refractivity contribution in [2.24, 2.45) is 0 Å². The zero-order chi connectivity index (χ0) is 55.0. The number of para-hydroxylation sites is 6. The van der Waals surface area contributed by atoms with E-state index in [1.807, 2.05) is 0 Å². The number of hydrogen-bond acceptors (Lipinski definition) is 2. The van der Waals surface area contributed by atoms with Crippen molar-refractivity contribution in [2.45, 2.75) is 0 Å². The Balaban J connectivity index is 0.823. The van der Waals surface area contributed by atoms with Crippen LogP contribution in [-0.4, -0.2) is 28.2 Å². The molecule has 0 aliphatic heterocycles. The number of hydrogen-bond donors (Lipinski definition) is 0. The van der Waals surface area contributed by atoms with Crippen LogP contribution in [-0.2, 0) is 0 Å².